The number of ether oxygens (including phenoxy) is 1. The number of nitrogens with zero attached hydrogens (tertiary/aromatic N) is 1. The second-order valence-electron chi connectivity index (χ2n) is 4.59. The normalized spacial score (nSPS) is 30.8. The fourth-order valence-corrected chi connectivity index (χ4v) is 2.92. The first-order valence-electron chi connectivity index (χ1n) is 6.08. The highest BCUT2D eigenvalue weighted by Crippen LogP contribution is 2.50. The van der Waals surface area contributed by atoms with Crippen LogP contribution in [0.25, 0.3) is 0 Å². The van der Waals surface area contributed by atoms with Crippen molar-refractivity contribution >= 4 is 5.97 Å². The first-order valence-corrected chi connectivity index (χ1v) is 6.08. The molecular weight excluding hydrogens is 202 g/mol. The molecule has 2 fully saturated rings. The molecule has 86 valence electrons. The summed E-state index contributed by atoms with van der Waals surface area (Å²) in [6.07, 6.45) is 5.87. The Morgan fingerprint density at radius 1 is 1.50 bits per heavy atom. The molecule has 16 heavy (non-hydrogen) atoms. The van der Waals surface area contributed by atoms with Crippen LogP contribution in [-0.4, -0.2) is 12.6 Å². The van der Waals surface area contributed by atoms with Crippen LogP contribution in [0.1, 0.15) is 39.0 Å². The molecule has 2 saturated carbocycles. The topological polar surface area (TPSA) is 50.1 Å². The smallest absolute Gasteiger partial charge is 0.348 e. The molecule has 2 rings (SSSR count). The molecule has 0 heterocycles. The van der Waals surface area contributed by atoms with E-state index in [0.29, 0.717) is 12.5 Å². The van der Waals surface area contributed by atoms with Gasteiger partial charge in [-0.3, -0.25) is 0 Å². The van der Waals surface area contributed by atoms with Crippen LogP contribution in [0.4, 0.5) is 0 Å². The van der Waals surface area contributed by atoms with Gasteiger partial charge in [0.1, 0.15) is 11.6 Å². The van der Waals surface area contributed by atoms with Crippen LogP contribution in [-0.2, 0) is 9.53 Å². The van der Waals surface area contributed by atoms with Gasteiger partial charge in [0, 0.05) is 0 Å². The Morgan fingerprint density at radius 3 is 2.88 bits per heavy atom. The first-order chi connectivity index (χ1) is 7.77. The predicted octanol–water partition coefficient (Wildman–Crippen LogP) is 2.58. The van der Waals surface area contributed by atoms with Crippen LogP contribution in [0.2, 0.25) is 0 Å². The highest BCUT2D eigenvalue weighted by Gasteiger charge is 2.40. The summed E-state index contributed by atoms with van der Waals surface area (Å²) < 4.78 is 4.91. The number of allylic oxidation sites excluding steroid dienone is 1. The summed E-state index contributed by atoms with van der Waals surface area (Å²) in [6.45, 7) is 2.10. The van der Waals surface area contributed by atoms with E-state index >= 15 is 0 Å². The molecule has 0 amide bonds. The van der Waals surface area contributed by atoms with Crippen LogP contribution in [0.15, 0.2) is 11.1 Å². The summed E-state index contributed by atoms with van der Waals surface area (Å²) in [5, 5.41) is 9.04. The molecule has 3 nitrogen and oxygen atoms in total. The lowest BCUT2D eigenvalue weighted by atomic mass is 9.61. The average Bonchev–Trinajstić information content (AvgIpc) is 2.26. The molecule has 0 aromatic rings. The summed E-state index contributed by atoms with van der Waals surface area (Å²) in [4.78, 5) is 11.6. The second kappa shape index (κ2) is 4.69. The fourth-order valence-electron chi connectivity index (χ4n) is 2.92. The summed E-state index contributed by atoms with van der Waals surface area (Å²) in [5.41, 5.74) is 1.34. The van der Waals surface area contributed by atoms with E-state index in [1.54, 1.807) is 6.92 Å². The molecule has 0 aromatic carbocycles. The van der Waals surface area contributed by atoms with Crippen molar-refractivity contribution in [1.29, 1.82) is 5.26 Å². The lowest BCUT2D eigenvalue weighted by Gasteiger charge is -2.43. The minimum atomic E-state index is -0.427. The van der Waals surface area contributed by atoms with Gasteiger partial charge < -0.3 is 4.74 Å². The molecule has 0 spiro atoms. The van der Waals surface area contributed by atoms with Gasteiger partial charge in [0.15, 0.2) is 0 Å². The van der Waals surface area contributed by atoms with Crippen molar-refractivity contribution in [1.82, 2.24) is 0 Å². The van der Waals surface area contributed by atoms with Gasteiger partial charge in [0.2, 0.25) is 0 Å². The van der Waals surface area contributed by atoms with Crippen molar-refractivity contribution in [3.63, 3.8) is 0 Å². The van der Waals surface area contributed by atoms with Crippen molar-refractivity contribution in [2.75, 3.05) is 6.61 Å². The summed E-state index contributed by atoms with van der Waals surface area (Å²) in [5.74, 6) is 0.790. The Labute approximate surface area is 96.1 Å². The first kappa shape index (κ1) is 11.2. The molecule has 2 atom stereocenters. The summed E-state index contributed by atoms with van der Waals surface area (Å²) in [6, 6.07) is 2.03. The van der Waals surface area contributed by atoms with Crippen LogP contribution in [0.5, 0.6) is 0 Å². The predicted molar refractivity (Wildman–Crippen MR) is 59.3 cm³/mol. The number of esters is 1. The molecule has 0 radical (unpaired) electrons. The van der Waals surface area contributed by atoms with Gasteiger partial charge in [0.05, 0.1) is 6.61 Å². The van der Waals surface area contributed by atoms with E-state index in [1.807, 2.05) is 6.07 Å². The molecule has 0 bridgehead atoms. The molecular formula is C13H17NO2. The minimum Gasteiger partial charge on any atom is -0.462 e. The zero-order valence-corrected chi connectivity index (χ0v) is 9.66. The number of nitriles is 1. The molecule has 3 heteroatoms. The van der Waals surface area contributed by atoms with E-state index in [0.717, 1.165) is 24.3 Å². The molecule has 2 aliphatic rings. The Balaban J connectivity index is 2.14. The van der Waals surface area contributed by atoms with E-state index < -0.39 is 5.97 Å². The van der Waals surface area contributed by atoms with Crippen LogP contribution < -0.4 is 0 Å². The zero-order valence-electron chi connectivity index (χ0n) is 9.66. The molecule has 0 aliphatic heterocycles. The van der Waals surface area contributed by atoms with Crippen LogP contribution in [0, 0.1) is 23.2 Å². The van der Waals surface area contributed by atoms with E-state index in [1.165, 1.54) is 19.3 Å². The van der Waals surface area contributed by atoms with Gasteiger partial charge in [-0.1, -0.05) is 12.8 Å². The Morgan fingerprint density at radius 2 is 2.25 bits per heavy atom. The zero-order chi connectivity index (χ0) is 11.5. The number of fused-ring (bicyclic) bond motifs is 1. The second-order valence-corrected chi connectivity index (χ2v) is 4.59. The maximum Gasteiger partial charge on any atom is 0.348 e. The number of hydrogen-bond donors (Lipinski definition) is 0. The maximum atomic E-state index is 11.6. The van der Waals surface area contributed by atoms with Gasteiger partial charge >= 0.3 is 5.97 Å². The maximum absolute atomic E-state index is 11.6. The van der Waals surface area contributed by atoms with E-state index in [4.69, 9.17) is 10.00 Å². The highest BCUT2D eigenvalue weighted by atomic mass is 16.5. The highest BCUT2D eigenvalue weighted by molar-refractivity contribution is 5.94. The SMILES string of the molecule is CCOC(=O)C(C#N)=C1C[C@@H]2CCCC[C@H]12. The van der Waals surface area contributed by atoms with Crippen molar-refractivity contribution in [3.8, 4) is 6.07 Å². The molecule has 0 N–H and O–H groups in total. The Hall–Kier alpha value is -1.30. The van der Waals surface area contributed by atoms with Crippen molar-refractivity contribution < 1.29 is 9.53 Å². The third-order valence-electron chi connectivity index (χ3n) is 3.75. The van der Waals surface area contributed by atoms with Crippen molar-refractivity contribution in [3.05, 3.63) is 11.1 Å². The Kier molecular flexibility index (Phi) is 3.28. The van der Waals surface area contributed by atoms with Crippen LogP contribution in [0.3, 0.4) is 0 Å². The quantitative estimate of drug-likeness (QED) is 0.407. The van der Waals surface area contributed by atoms with Crippen molar-refractivity contribution in [2.45, 2.75) is 39.0 Å². The Bertz CT molecular complexity index is 365. The van der Waals surface area contributed by atoms with Gasteiger partial charge in [-0.15, -0.1) is 0 Å². The van der Waals surface area contributed by atoms with E-state index in [9.17, 15) is 4.79 Å². The standard InChI is InChI=1S/C13H17NO2/c1-2-16-13(15)12(8-14)11-7-9-5-3-4-6-10(9)11/h9-10H,2-7H2,1H3/t9-,10-/m0/s1. The molecule has 0 aromatic heterocycles. The monoisotopic (exact) mass is 219 g/mol. The van der Waals surface area contributed by atoms with Gasteiger partial charge in [-0.05, 0) is 43.6 Å². The number of hydrogen-bond acceptors (Lipinski definition) is 3. The summed E-state index contributed by atoms with van der Waals surface area (Å²) in [7, 11) is 0. The minimum absolute atomic E-state index is 0.282. The lowest BCUT2D eigenvalue weighted by molar-refractivity contribution is -0.138. The molecule has 0 unspecified atom stereocenters. The number of rotatable bonds is 2. The van der Waals surface area contributed by atoms with Gasteiger partial charge in [-0.2, -0.15) is 5.26 Å². The largest absolute Gasteiger partial charge is 0.462 e. The third kappa shape index (κ3) is 1.84. The van der Waals surface area contributed by atoms with Gasteiger partial charge in [-0.25, -0.2) is 4.79 Å². The summed E-state index contributed by atoms with van der Waals surface area (Å²) >= 11 is 0. The fraction of sp³-hybridized carbons (Fsp3) is 0.692. The molecule has 2 aliphatic carbocycles. The van der Waals surface area contributed by atoms with Gasteiger partial charge in [0.25, 0.3) is 0 Å². The van der Waals surface area contributed by atoms with E-state index in [2.05, 4.69) is 0 Å². The van der Waals surface area contributed by atoms with Crippen LogP contribution >= 0.6 is 0 Å². The molecule has 0 saturated heterocycles. The van der Waals surface area contributed by atoms with E-state index in [-0.39, 0.29) is 5.57 Å². The lowest BCUT2D eigenvalue weighted by Crippen LogP contribution is -2.34. The average molecular weight is 219 g/mol. The number of carbonyl (C=O) groups is 1. The van der Waals surface area contributed by atoms with Crippen molar-refractivity contribution in [2.24, 2.45) is 11.8 Å². The third-order valence-corrected chi connectivity index (χ3v) is 3.75. The number of carbonyl (C=O) groups excluding carboxylic acids is 1.